The molecule has 17 heavy (non-hydrogen) atoms. The molecule has 0 N–H and O–H groups in total. The highest BCUT2D eigenvalue weighted by Crippen LogP contribution is 2.20. The lowest BCUT2D eigenvalue weighted by atomic mass is 10.2. The Morgan fingerprint density at radius 2 is 2.06 bits per heavy atom. The predicted molar refractivity (Wildman–Crippen MR) is 74.9 cm³/mol. The van der Waals surface area contributed by atoms with E-state index in [2.05, 4.69) is 48.2 Å². The molecule has 2 nitrogen and oxygen atoms in total. The van der Waals surface area contributed by atoms with Gasteiger partial charge in [-0.1, -0.05) is 12.1 Å². The number of likely N-dealkylation sites (tertiary alicyclic amines) is 1. The zero-order valence-corrected chi connectivity index (χ0v) is 11.5. The van der Waals surface area contributed by atoms with Gasteiger partial charge in [0.25, 0.3) is 0 Å². The molecule has 0 bridgehead atoms. The van der Waals surface area contributed by atoms with E-state index in [-0.39, 0.29) is 0 Å². The molecule has 0 aromatic heterocycles. The lowest BCUT2D eigenvalue weighted by molar-refractivity contribution is 0.314. The van der Waals surface area contributed by atoms with Gasteiger partial charge in [0.2, 0.25) is 0 Å². The second kappa shape index (κ2) is 5.74. The molecule has 0 aliphatic carbocycles. The molecule has 1 fully saturated rings. The van der Waals surface area contributed by atoms with Gasteiger partial charge in [0.05, 0.1) is 0 Å². The molecule has 94 valence electrons. The summed E-state index contributed by atoms with van der Waals surface area (Å²) in [7, 11) is 4.39. The normalized spacial score (nSPS) is 20.8. The fourth-order valence-electron chi connectivity index (χ4n) is 2.47. The van der Waals surface area contributed by atoms with E-state index in [4.69, 9.17) is 11.6 Å². The van der Waals surface area contributed by atoms with Crippen LogP contribution in [0.2, 0.25) is 0 Å². The van der Waals surface area contributed by atoms with Crippen molar-refractivity contribution >= 4 is 17.3 Å². The smallest absolute Gasteiger partial charge is 0.0474 e. The van der Waals surface area contributed by atoms with E-state index in [1.165, 1.54) is 30.6 Å². The molecule has 0 saturated carbocycles. The van der Waals surface area contributed by atoms with Crippen LogP contribution < -0.4 is 4.90 Å². The number of rotatable bonds is 4. The standard InChI is InChI=1S/C14H21ClN2/c1-16-9-3-4-14(16)11-17(2)13-7-5-12(10-15)6-8-13/h5-8,14H,3-4,9-11H2,1-2H3. The number of likely N-dealkylation sites (N-methyl/N-ethyl adjacent to an activating group) is 2. The Kier molecular flexibility index (Phi) is 4.30. The van der Waals surface area contributed by atoms with E-state index in [0.29, 0.717) is 11.9 Å². The fraction of sp³-hybridized carbons (Fsp3) is 0.571. The van der Waals surface area contributed by atoms with E-state index >= 15 is 0 Å². The van der Waals surface area contributed by atoms with E-state index < -0.39 is 0 Å². The molecule has 0 radical (unpaired) electrons. The second-order valence-corrected chi connectivity index (χ2v) is 5.22. The summed E-state index contributed by atoms with van der Waals surface area (Å²) in [5.74, 6) is 0.593. The Balaban J connectivity index is 1.96. The molecule has 1 saturated heterocycles. The average Bonchev–Trinajstić information content (AvgIpc) is 2.75. The topological polar surface area (TPSA) is 6.48 Å². The van der Waals surface area contributed by atoms with Crippen LogP contribution in [0.3, 0.4) is 0 Å². The summed E-state index contributed by atoms with van der Waals surface area (Å²) in [5, 5.41) is 0. The van der Waals surface area contributed by atoms with Gasteiger partial charge >= 0.3 is 0 Å². The van der Waals surface area contributed by atoms with Gasteiger partial charge in [-0.2, -0.15) is 0 Å². The van der Waals surface area contributed by atoms with Gasteiger partial charge in [-0.15, -0.1) is 11.6 Å². The van der Waals surface area contributed by atoms with Crippen LogP contribution in [0.4, 0.5) is 5.69 Å². The highest BCUT2D eigenvalue weighted by atomic mass is 35.5. The first kappa shape index (κ1) is 12.7. The van der Waals surface area contributed by atoms with E-state index in [9.17, 15) is 0 Å². The van der Waals surface area contributed by atoms with Crippen molar-refractivity contribution in [1.29, 1.82) is 0 Å². The number of hydrogen-bond acceptors (Lipinski definition) is 2. The molecular weight excluding hydrogens is 232 g/mol. The Labute approximate surface area is 109 Å². The van der Waals surface area contributed by atoms with Gasteiger partial charge in [0.15, 0.2) is 0 Å². The molecule has 0 amide bonds. The van der Waals surface area contributed by atoms with Crippen LogP contribution in [0.1, 0.15) is 18.4 Å². The van der Waals surface area contributed by atoms with Crippen LogP contribution in [-0.4, -0.2) is 38.1 Å². The molecule has 1 aromatic rings. The lowest BCUT2D eigenvalue weighted by Crippen LogP contribution is -2.36. The molecule has 2 rings (SSSR count). The Bertz CT molecular complexity index is 350. The van der Waals surface area contributed by atoms with Crippen molar-refractivity contribution in [2.45, 2.75) is 24.8 Å². The first-order valence-electron chi connectivity index (χ1n) is 6.27. The fourth-order valence-corrected chi connectivity index (χ4v) is 2.65. The maximum Gasteiger partial charge on any atom is 0.0474 e. The summed E-state index contributed by atoms with van der Waals surface area (Å²) in [6.45, 7) is 2.35. The van der Waals surface area contributed by atoms with Gasteiger partial charge < -0.3 is 9.80 Å². The Morgan fingerprint density at radius 3 is 2.59 bits per heavy atom. The lowest BCUT2D eigenvalue weighted by Gasteiger charge is -2.27. The molecule has 1 aliphatic rings. The van der Waals surface area contributed by atoms with Crippen molar-refractivity contribution in [2.24, 2.45) is 0 Å². The van der Waals surface area contributed by atoms with Gasteiger partial charge in [-0.25, -0.2) is 0 Å². The number of alkyl halides is 1. The number of hydrogen-bond donors (Lipinski definition) is 0. The zero-order chi connectivity index (χ0) is 12.3. The predicted octanol–water partition coefficient (Wildman–Crippen LogP) is 2.96. The van der Waals surface area contributed by atoms with Crippen molar-refractivity contribution in [1.82, 2.24) is 4.90 Å². The monoisotopic (exact) mass is 252 g/mol. The zero-order valence-electron chi connectivity index (χ0n) is 10.7. The highest BCUT2D eigenvalue weighted by molar-refractivity contribution is 6.17. The van der Waals surface area contributed by atoms with E-state index in [0.717, 1.165) is 6.54 Å². The van der Waals surface area contributed by atoms with Crippen molar-refractivity contribution in [2.75, 3.05) is 32.1 Å². The first-order chi connectivity index (χ1) is 8.20. The van der Waals surface area contributed by atoms with Crippen LogP contribution in [0.25, 0.3) is 0 Å². The quantitative estimate of drug-likeness (QED) is 0.761. The molecule has 1 aromatic carbocycles. The Morgan fingerprint density at radius 1 is 1.35 bits per heavy atom. The first-order valence-corrected chi connectivity index (χ1v) is 6.80. The SMILES string of the molecule is CN(CC1CCCN1C)c1ccc(CCl)cc1. The van der Waals surface area contributed by atoms with Gasteiger partial charge in [-0.3, -0.25) is 0 Å². The number of anilines is 1. The summed E-state index contributed by atoms with van der Waals surface area (Å²) in [6, 6.07) is 9.24. The molecule has 3 heteroatoms. The third-order valence-corrected chi connectivity index (χ3v) is 4.00. The average molecular weight is 253 g/mol. The number of nitrogens with zero attached hydrogens (tertiary/aromatic N) is 2. The van der Waals surface area contributed by atoms with Crippen LogP contribution >= 0.6 is 11.6 Å². The summed E-state index contributed by atoms with van der Waals surface area (Å²) >= 11 is 5.80. The van der Waals surface area contributed by atoms with Crippen LogP contribution in [0.5, 0.6) is 0 Å². The van der Waals surface area contributed by atoms with Crippen molar-refractivity contribution in [3.63, 3.8) is 0 Å². The second-order valence-electron chi connectivity index (χ2n) is 4.96. The van der Waals surface area contributed by atoms with Gasteiger partial charge in [0.1, 0.15) is 0 Å². The van der Waals surface area contributed by atoms with Crippen molar-refractivity contribution in [3.8, 4) is 0 Å². The number of benzene rings is 1. The number of halogens is 1. The summed E-state index contributed by atoms with van der Waals surface area (Å²) in [6.07, 6.45) is 2.65. The summed E-state index contributed by atoms with van der Waals surface area (Å²) in [5.41, 5.74) is 2.46. The summed E-state index contributed by atoms with van der Waals surface area (Å²) < 4.78 is 0. The minimum Gasteiger partial charge on any atom is -0.373 e. The van der Waals surface area contributed by atoms with Crippen LogP contribution in [-0.2, 0) is 5.88 Å². The van der Waals surface area contributed by atoms with Gasteiger partial charge in [0, 0.05) is 31.2 Å². The van der Waals surface area contributed by atoms with Crippen LogP contribution in [0.15, 0.2) is 24.3 Å². The highest BCUT2D eigenvalue weighted by Gasteiger charge is 2.22. The molecule has 1 heterocycles. The van der Waals surface area contributed by atoms with E-state index in [1.54, 1.807) is 0 Å². The largest absolute Gasteiger partial charge is 0.373 e. The van der Waals surface area contributed by atoms with Crippen LogP contribution in [0, 0.1) is 0 Å². The third-order valence-electron chi connectivity index (χ3n) is 3.69. The Hall–Kier alpha value is -0.730. The minimum atomic E-state index is 0.593. The molecule has 1 unspecified atom stereocenters. The third kappa shape index (κ3) is 3.14. The summed E-state index contributed by atoms with van der Waals surface area (Å²) in [4.78, 5) is 4.80. The minimum absolute atomic E-state index is 0.593. The maximum absolute atomic E-state index is 5.80. The molecule has 1 aliphatic heterocycles. The van der Waals surface area contributed by atoms with Crippen molar-refractivity contribution in [3.05, 3.63) is 29.8 Å². The van der Waals surface area contributed by atoms with Gasteiger partial charge in [-0.05, 0) is 44.1 Å². The molecule has 0 spiro atoms. The van der Waals surface area contributed by atoms with Crippen molar-refractivity contribution < 1.29 is 0 Å². The molecular formula is C14H21ClN2. The molecule has 1 atom stereocenters. The van der Waals surface area contributed by atoms with E-state index in [1.807, 2.05) is 0 Å². The maximum atomic E-state index is 5.80.